The number of benzene rings is 4. The number of hydrogen-bond acceptors (Lipinski definition) is 4. The Bertz CT molecular complexity index is 2160. The quantitative estimate of drug-likeness (QED) is 0.158. The van der Waals surface area contributed by atoms with E-state index < -0.39 is 0 Å². The third-order valence-electron chi connectivity index (χ3n) is 7.96. The van der Waals surface area contributed by atoms with Crippen molar-refractivity contribution in [2.45, 2.75) is 19.8 Å². The first-order chi connectivity index (χ1) is 22.7. The molecule has 0 fully saturated rings. The maximum atomic E-state index is 6.32. The van der Waals surface area contributed by atoms with Crippen LogP contribution in [0.3, 0.4) is 0 Å². The second kappa shape index (κ2) is 14.9. The molecule has 4 heterocycles. The zero-order valence-electron chi connectivity index (χ0n) is 25.9. The van der Waals surface area contributed by atoms with Crippen molar-refractivity contribution >= 4 is 22.1 Å². The van der Waals surface area contributed by atoms with Gasteiger partial charge >= 0.3 is 0 Å². The molecule has 0 saturated heterocycles. The summed E-state index contributed by atoms with van der Waals surface area (Å²) in [5.74, 6) is 0. The van der Waals surface area contributed by atoms with Crippen LogP contribution in [0.5, 0.6) is 0 Å². The number of aromatic nitrogens is 3. The summed E-state index contributed by atoms with van der Waals surface area (Å²) in [7, 11) is 0. The van der Waals surface area contributed by atoms with E-state index in [0.29, 0.717) is 5.71 Å². The first-order valence-corrected chi connectivity index (χ1v) is 15.4. The van der Waals surface area contributed by atoms with Crippen LogP contribution in [0, 0.1) is 19.1 Å². The average molecular weight is 786 g/mol. The number of rotatable bonds is 6. The van der Waals surface area contributed by atoms with Gasteiger partial charge in [-0.2, -0.15) is 0 Å². The zero-order chi connectivity index (χ0) is 31.1. The third kappa shape index (κ3) is 7.28. The molecule has 0 aliphatic carbocycles. The summed E-state index contributed by atoms with van der Waals surface area (Å²) in [6.07, 6.45) is 5.53. The molecule has 8 aromatic rings. The normalized spacial score (nSPS) is 10.7. The van der Waals surface area contributed by atoms with Crippen molar-refractivity contribution in [3.63, 3.8) is 0 Å². The van der Waals surface area contributed by atoms with E-state index in [1.807, 2.05) is 72.9 Å². The van der Waals surface area contributed by atoms with E-state index in [0.717, 1.165) is 68.5 Å². The van der Waals surface area contributed by atoms with Gasteiger partial charge in [-0.3, -0.25) is 0 Å². The fraction of sp³-hybridized carbons (Fsp3) is 0.0714. The van der Waals surface area contributed by atoms with E-state index in [4.69, 9.17) is 14.4 Å². The van der Waals surface area contributed by atoms with Crippen LogP contribution in [0.2, 0.25) is 0 Å². The van der Waals surface area contributed by atoms with Gasteiger partial charge in [0.15, 0.2) is 0 Å². The van der Waals surface area contributed by atoms with Gasteiger partial charge in [-0.15, -0.1) is 54.1 Å². The molecule has 0 aliphatic rings. The van der Waals surface area contributed by atoms with Gasteiger partial charge in [-0.1, -0.05) is 89.8 Å². The first kappa shape index (κ1) is 31.7. The minimum Gasteiger partial charge on any atom is -0.486 e. The van der Waals surface area contributed by atoms with Gasteiger partial charge in [0, 0.05) is 43.6 Å². The smallest absolute Gasteiger partial charge is 0.216 e. The fourth-order valence-corrected chi connectivity index (χ4v) is 5.57. The van der Waals surface area contributed by atoms with Crippen LogP contribution in [0.1, 0.15) is 16.8 Å². The molecule has 0 amide bonds. The first-order valence-electron chi connectivity index (χ1n) is 15.4. The van der Waals surface area contributed by atoms with E-state index in [2.05, 4.69) is 90.8 Å². The standard InChI is InChI=1S/C31H23N2O.C11H8N.Ir/c1-21-20-32-29(19-28(21)23-11-6-3-7-12-23)27-14-8-13-25-26-18-17-24(33-31(26)34-30(25)27)16-15-22-9-4-2-5-10-22;1-2-6-10(7-3-1)11-8-4-5-9-12-11;/h2-13,17-20H,15-16H2,1H3;1-6,8-9H;/q2*-1;. The predicted octanol–water partition coefficient (Wildman–Crippen LogP) is 10.2. The summed E-state index contributed by atoms with van der Waals surface area (Å²) in [6, 6.07) is 51.4. The van der Waals surface area contributed by atoms with Gasteiger partial charge in [-0.25, -0.2) is 4.98 Å². The van der Waals surface area contributed by atoms with Crippen LogP contribution in [0.25, 0.3) is 55.7 Å². The van der Waals surface area contributed by atoms with Crippen LogP contribution in [0.4, 0.5) is 0 Å². The van der Waals surface area contributed by atoms with Gasteiger partial charge in [0.1, 0.15) is 0 Å². The number of pyridine rings is 3. The van der Waals surface area contributed by atoms with Gasteiger partial charge in [-0.05, 0) is 71.6 Å². The maximum Gasteiger partial charge on any atom is 0.216 e. The van der Waals surface area contributed by atoms with Crippen molar-refractivity contribution in [2.24, 2.45) is 0 Å². The molecular weight excluding hydrogens is 755 g/mol. The Kier molecular flexibility index (Phi) is 10.1. The van der Waals surface area contributed by atoms with E-state index in [-0.39, 0.29) is 20.1 Å². The molecule has 0 bridgehead atoms. The molecule has 0 unspecified atom stereocenters. The summed E-state index contributed by atoms with van der Waals surface area (Å²) in [5, 5.41) is 2.05. The Hall–Kier alpha value is -5.22. The van der Waals surface area contributed by atoms with E-state index in [1.54, 1.807) is 6.20 Å². The molecule has 1 radical (unpaired) electrons. The molecule has 8 rings (SSSR count). The Labute approximate surface area is 288 Å². The third-order valence-corrected chi connectivity index (χ3v) is 7.96. The SMILES string of the molecule is Cc1cnc(-c2[c-]ccc3c2oc2nc(CCc4ccccc4)ccc23)cc1-c1ccccc1.[Ir].[c-]1ccccc1-c1ccccn1. The summed E-state index contributed by atoms with van der Waals surface area (Å²) >= 11 is 0. The Morgan fingerprint density at radius 2 is 1.45 bits per heavy atom. The predicted molar refractivity (Wildman–Crippen MR) is 186 cm³/mol. The van der Waals surface area contributed by atoms with E-state index >= 15 is 0 Å². The molecule has 5 heteroatoms. The Morgan fingerprint density at radius 3 is 2.21 bits per heavy atom. The minimum absolute atomic E-state index is 0. The van der Waals surface area contributed by atoms with Crippen molar-refractivity contribution < 1.29 is 24.5 Å². The summed E-state index contributed by atoms with van der Waals surface area (Å²) < 4.78 is 6.32. The number of furan rings is 1. The zero-order valence-corrected chi connectivity index (χ0v) is 28.2. The number of hydrogen-bond donors (Lipinski definition) is 0. The molecule has 4 aromatic carbocycles. The Balaban J connectivity index is 0.000000250. The monoisotopic (exact) mass is 786 g/mol. The topological polar surface area (TPSA) is 51.8 Å². The molecule has 4 nitrogen and oxygen atoms in total. The average Bonchev–Trinajstić information content (AvgIpc) is 3.51. The van der Waals surface area contributed by atoms with Crippen LogP contribution in [0.15, 0.2) is 150 Å². The summed E-state index contributed by atoms with van der Waals surface area (Å²) in [6.45, 7) is 2.09. The molecule has 0 atom stereocenters. The van der Waals surface area contributed by atoms with E-state index in [9.17, 15) is 0 Å². The van der Waals surface area contributed by atoms with Crippen molar-refractivity contribution in [3.8, 4) is 33.6 Å². The van der Waals surface area contributed by atoms with Crippen molar-refractivity contribution in [1.82, 2.24) is 15.0 Å². The van der Waals surface area contributed by atoms with Gasteiger partial charge < -0.3 is 14.4 Å². The largest absolute Gasteiger partial charge is 0.486 e. The van der Waals surface area contributed by atoms with Gasteiger partial charge in [0.05, 0.1) is 5.58 Å². The molecule has 4 aromatic heterocycles. The second-order valence-corrected chi connectivity index (χ2v) is 11.1. The molecule has 0 N–H and O–H groups in total. The minimum atomic E-state index is 0. The molecular formula is C42H31IrN3O-2. The van der Waals surface area contributed by atoms with E-state index in [1.165, 1.54) is 11.1 Å². The number of nitrogens with zero attached hydrogens (tertiary/aromatic N) is 3. The Morgan fingerprint density at radius 1 is 0.660 bits per heavy atom. The summed E-state index contributed by atoms with van der Waals surface area (Å²) in [5.41, 5.74) is 11.0. The maximum absolute atomic E-state index is 6.32. The van der Waals surface area contributed by atoms with Crippen molar-refractivity contribution in [2.75, 3.05) is 0 Å². The second-order valence-electron chi connectivity index (χ2n) is 11.1. The molecule has 231 valence electrons. The fourth-order valence-electron chi connectivity index (χ4n) is 5.57. The van der Waals surface area contributed by atoms with Crippen LogP contribution in [-0.4, -0.2) is 15.0 Å². The molecule has 0 spiro atoms. The van der Waals surface area contributed by atoms with Gasteiger partial charge in [0.25, 0.3) is 0 Å². The number of aryl methyl sites for hydroxylation is 3. The van der Waals surface area contributed by atoms with Crippen molar-refractivity contribution in [3.05, 3.63) is 175 Å². The molecule has 0 aliphatic heterocycles. The molecule has 0 saturated carbocycles. The van der Waals surface area contributed by atoms with Crippen LogP contribution >= 0.6 is 0 Å². The number of fused-ring (bicyclic) bond motifs is 3. The van der Waals surface area contributed by atoms with Crippen molar-refractivity contribution in [1.29, 1.82) is 0 Å². The van der Waals surface area contributed by atoms with Gasteiger partial charge in [0.2, 0.25) is 5.71 Å². The van der Waals surface area contributed by atoms with Crippen LogP contribution in [-0.2, 0) is 32.9 Å². The summed E-state index contributed by atoms with van der Waals surface area (Å²) in [4.78, 5) is 13.8. The van der Waals surface area contributed by atoms with Crippen LogP contribution < -0.4 is 0 Å². The molecule has 47 heavy (non-hydrogen) atoms.